The first-order chi connectivity index (χ1) is 12.5. The fourth-order valence-corrected chi connectivity index (χ4v) is 3.16. The Morgan fingerprint density at radius 3 is 2.58 bits per heavy atom. The van der Waals surface area contributed by atoms with Crippen molar-refractivity contribution >= 4 is 11.9 Å². The van der Waals surface area contributed by atoms with Gasteiger partial charge in [0.05, 0.1) is 0 Å². The second kappa shape index (κ2) is 10.2. The van der Waals surface area contributed by atoms with E-state index in [4.69, 9.17) is 0 Å². The number of guanidine groups is 1. The summed E-state index contributed by atoms with van der Waals surface area (Å²) in [5.74, 6) is 1.38. The molecule has 1 aliphatic heterocycles. The van der Waals surface area contributed by atoms with Crippen LogP contribution < -0.4 is 16.0 Å². The van der Waals surface area contributed by atoms with Crippen molar-refractivity contribution in [2.75, 3.05) is 26.7 Å². The summed E-state index contributed by atoms with van der Waals surface area (Å²) in [6.45, 7) is 9.99. The molecular formula is C20H33N5O. The molecule has 6 nitrogen and oxygen atoms in total. The van der Waals surface area contributed by atoms with Gasteiger partial charge in [0.2, 0.25) is 5.91 Å². The van der Waals surface area contributed by atoms with Gasteiger partial charge in [0.25, 0.3) is 0 Å². The number of hydrogen-bond acceptors (Lipinski definition) is 3. The van der Waals surface area contributed by atoms with Crippen LogP contribution >= 0.6 is 0 Å². The van der Waals surface area contributed by atoms with Crippen LogP contribution in [0.25, 0.3) is 0 Å². The number of hydrogen-bond donors (Lipinski definition) is 3. The molecule has 2 unspecified atom stereocenters. The second-order valence-electron chi connectivity index (χ2n) is 7.29. The molecule has 0 bridgehead atoms. The van der Waals surface area contributed by atoms with E-state index in [-0.39, 0.29) is 5.91 Å². The molecule has 2 atom stereocenters. The molecule has 6 heteroatoms. The highest BCUT2D eigenvalue weighted by Gasteiger charge is 2.31. The maximum atomic E-state index is 12.0. The third-order valence-electron chi connectivity index (χ3n) is 4.89. The predicted octanol–water partition coefficient (Wildman–Crippen LogP) is 1.59. The standard InChI is InChI=1S/C20H33N5O/c1-15(2)25-13-16(3)18(14-25)24-20(21-4)22-11-10-19(26)23-12-17-8-6-5-7-9-17/h5-9,15-16,18H,10-14H2,1-4H3,(H,23,26)(H2,21,22,24). The summed E-state index contributed by atoms with van der Waals surface area (Å²) in [6.07, 6.45) is 0.422. The van der Waals surface area contributed by atoms with Gasteiger partial charge in [-0.2, -0.15) is 0 Å². The number of carbonyl (C=O) groups is 1. The van der Waals surface area contributed by atoms with E-state index < -0.39 is 0 Å². The Hall–Kier alpha value is -2.08. The lowest BCUT2D eigenvalue weighted by molar-refractivity contribution is -0.121. The number of likely N-dealkylation sites (tertiary alicyclic amines) is 1. The third kappa shape index (κ3) is 6.33. The Kier molecular flexibility index (Phi) is 7.91. The highest BCUT2D eigenvalue weighted by molar-refractivity contribution is 5.81. The summed E-state index contributed by atoms with van der Waals surface area (Å²) in [5, 5.41) is 9.69. The molecule has 0 spiro atoms. The van der Waals surface area contributed by atoms with Gasteiger partial charge in [-0.05, 0) is 25.3 Å². The van der Waals surface area contributed by atoms with E-state index in [1.165, 1.54) is 0 Å². The van der Waals surface area contributed by atoms with Crippen molar-refractivity contribution in [3.63, 3.8) is 0 Å². The van der Waals surface area contributed by atoms with Gasteiger partial charge in [-0.3, -0.25) is 14.7 Å². The lowest BCUT2D eigenvalue weighted by Crippen LogP contribution is -2.47. The van der Waals surface area contributed by atoms with Gasteiger partial charge in [-0.1, -0.05) is 37.3 Å². The van der Waals surface area contributed by atoms with Crippen molar-refractivity contribution in [1.82, 2.24) is 20.9 Å². The molecule has 1 amide bonds. The Balaban J connectivity index is 1.68. The van der Waals surface area contributed by atoms with E-state index in [1.807, 2.05) is 30.3 Å². The zero-order valence-electron chi connectivity index (χ0n) is 16.5. The minimum atomic E-state index is 0.0389. The SMILES string of the molecule is CN=C(NCCC(=O)NCc1ccccc1)NC1CN(C(C)C)CC1C. The molecule has 1 aliphatic rings. The van der Waals surface area contributed by atoms with E-state index in [9.17, 15) is 4.79 Å². The fraction of sp³-hybridized carbons (Fsp3) is 0.600. The monoisotopic (exact) mass is 359 g/mol. The summed E-state index contributed by atoms with van der Waals surface area (Å²) in [7, 11) is 1.77. The molecule has 1 heterocycles. The largest absolute Gasteiger partial charge is 0.356 e. The van der Waals surface area contributed by atoms with Gasteiger partial charge in [0, 0.05) is 51.7 Å². The number of aliphatic imine (C=N–C) groups is 1. The maximum absolute atomic E-state index is 12.0. The van der Waals surface area contributed by atoms with Crippen molar-refractivity contribution in [3.8, 4) is 0 Å². The molecule has 144 valence electrons. The van der Waals surface area contributed by atoms with E-state index in [2.05, 4.69) is 46.6 Å². The Morgan fingerprint density at radius 2 is 1.96 bits per heavy atom. The van der Waals surface area contributed by atoms with Gasteiger partial charge < -0.3 is 16.0 Å². The lowest BCUT2D eigenvalue weighted by Gasteiger charge is -2.21. The highest BCUT2D eigenvalue weighted by Crippen LogP contribution is 2.18. The van der Waals surface area contributed by atoms with Gasteiger partial charge in [-0.25, -0.2) is 0 Å². The third-order valence-corrected chi connectivity index (χ3v) is 4.89. The lowest BCUT2D eigenvalue weighted by atomic mass is 10.1. The molecule has 26 heavy (non-hydrogen) atoms. The smallest absolute Gasteiger partial charge is 0.222 e. The quantitative estimate of drug-likeness (QED) is 0.511. The average Bonchev–Trinajstić information content (AvgIpc) is 3.01. The Morgan fingerprint density at radius 1 is 1.23 bits per heavy atom. The number of nitrogens with zero attached hydrogens (tertiary/aromatic N) is 2. The molecule has 1 fully saturated rings. The van der Waals surface area contributed by atoms with Gasteiger partial charge in [0.15, 0.2) is 5.96 Å². The van der Waals surface area contributed by atoms with Crippen molar-refractivity contribution in [3.05, 3.63) is 35.9 Å². The molecule has 0 aromatic heterocycles. The van der Waals surface area contributed by atoms with Crippen LogP contribution in [0, 0.1) is 5.92 Å². The molecule has 1 saturated heterocycles. The van der Waals surface area contributed by atoms with Gasteiger partial charge in [-0.15, -0.1) is 0 Å². The Labute approximate surface area is 157 Å². The molecule has 3 N–H and O–H groups in total. The molecule has 0 aliphatic carbocycles. The first-order valence-corrected chi connectivity index (χ1v) is 9.51. The van der Waals surface area contributed by atoms with Gasteiger partial charge >= 0.3 is 0 Å². The first kappa shape index (κ1) is 20.2. The van der Waals surface area contributed by atoms with E-state index in [0.29, 0.717) is 37.5 Å². The van der Waals surface area contributed by atoms with Gasteiger partial charge in [0.1, 0.15) is 0 Å². The van der Waals surface area contributed by atoms with Crippen molar-refractivity contribution < 1.29 is 4.79 Å². The maximum Gasteiger partial charge on any atom is 0.222 e. The van der Waals surface area contributed by atoms with E-state index >= 15 is 0 Å². The topological polar surface area (TPSA) is 68.8 Å². The predicted molar refractivity (Wildman–Crippen MR) is 107 cm³/mol. The molecule has 2 rings (SSSR count). The van der Waals surface area contributed by atoms with Crippen LogP contribution in [0.1, 0.15) is 32.8 Å². The zero-order chi connectivity index (χ0) is 18.9. The molecule has 1 aromatic rings. The number of benzene rings is 1. The van der Waals surface area contributed by atoms with Crippen LogP contribution in [0.15, 0.2) is 35.3 Å². The van der Waals surface area contributed by atoms with Crippen LogP contribution in [0.2, 0.25) is 0 Å². The van der Waals surface area contributed by atoms with E-state index in [0.717, 1.165) is 24.6 Å². The average molecular weight is 360 g/mol. The summed E-state index contributed by atoms with van der Waals surface area (Å²) in [4.78, 5) is 18.8. The summed E-state index contributed by atoms with van der Waals surface area (Å²) >= 11 is 0. The molecule has 1 aromatic carbocycles. The highest BCUT2D eigenvalue weighted by atomic mass is 16.1. The Bertz CT molecular complexity index is 587. The normalized spacial score (nSPS) is 21.0. The van der Waals surface area contributed by atoms with Crippen molar-refractivity contribution in [2.24, 2.45) is 10.9 Å². The van der Waals surface area contributed by atoms with Crippen molar-refractivity contribution in [1.29, 1.82) is 0 Å². The summed E-state index contributed by atoms with van der Waals surface area (Å²) < 4.78 is 0. The fourth-order valence-electron chi connectivity index (χ4n) is 3.16. The number of rotatable bonds is 7. The summed E-state index contributed by atoms with van der Waals surface area (Å²) in [6, 6.07) is 10.9. The van der Waals surface area contributed by atoms with Crippen LogP contribution in [0.5, 0.6) is 0 Å². The number of nitrogens with one attached hydrogen (secondary N) is 3. The zero-order valence-corrected chi connectivity index (χ0v) is 16.5. The second-order valence-corrected chi connectivity index (χ2v) is 7.29. The minimum absolute atomic E-state index is 0.0389. The van der Waals surface area contributed by atoms with Crippen molar-refractivity contribution in [2.45, 2.75) is 45.8 Å². The number of amides is 1. The number of carbonyl (C=O) groups excluding carboxylic acids is 1. The summed E-state index contributed by atoms with van der Waals surface area (Å²) in [5.41, 5.74) is 1.11. The van der Waals surface area contributed by atoms with Crippen LogP contribution in [-0.4, -0.2) is 55.5 Å². The molecule has 0 radical (unpaired) electrons. The molecular weight excluding hydrogens is 326 g/mol. The first-order valence-electron chi connectivity index (χ1n) is 9.51. The van der Waals surface area contributed by atoms with E-state index in [1.54, 1.807) is 7.05 Å². The van der Waals surface area contributed by atoms with Crippen LogP contribution in [-0.2, 0) is 11.3 Å². The minimum Gasteiger partial charge on any atom is -0.356 e. The van der Waals surface area contributed by atoms with Crippen LogP contribution in [0.4, 0.5) is 0 Å². The van der Waals surface area contributed by atoms with Crippen LogP contribution in [0.3, 0.4) is 0 Å². The molecule has 0 saturated carbocycles.